The van der Waals surface area contributed by atoms with Crippen molar-refractivity contribution in [1.82, 2.24) is 0 Å². The third-order valence-corrected chi connectivity index (χ3v) is 1.35. The number of ketones is 1. The van der Waals surface area contributed by atoms with Crippen LogP contribution in [0.25, 0.3) is 0 Å². The lowest BCUT2D eigenvalue weighted by atomic mass is 9.98. The van der Waals surface area contributed by atoms with Crippen molar-refractivity contribution in [2.24, 2.45) is 0 Å². The number of Topliss-reactive ketones (excluding diaryl/α,β-unsaturated/α-hetero) is 1. The predicted molar refractivity (Wildman–Crippen MR) is 27.0 cm³/mol. The highest BCUT2D eigenvalue weighted by atomic mass is 19.4. The molecule has 1 nitrogen and oxygen atoms in total. The van der Waals surface area contributed by atoms with Gasteiger partial charge in [0.2, 0.25) is 0 Å². The van der Waals surface area contributed by atoms with Crippen molar-refractivity contribution >= 4 is 5.78 Å². The molecule has 0 aromatic carbocycles. The van der Waals surface area contributed by atoms with Crippen LogP contribution in [-0.4, -0.2) is 30.0 Å². The van der Waals surface area contributed by atoms with E-state index >= 15 is 0 Å². The van der Waals surface area contributed by atoms with E-state index in [9.17, 15) is 48.7 Å². The molecule has 11 heteroatoms. The maximum atomic E-state index is 12.4. The summed E-state index contributed by atoms with van der Waals surface area (Å²) in [5, 5.41) is 0. The van der Waals surface area contributed by atoms with Gasteiger partial charge in [-0.1, -0.05) is 0 Å². The minimum Gasteiger partial charge on any atom is -0.285 e. The van der Waals surface area contributed by atoms with Crippen LogP contribution in [0, 0.1) is 0 Å². The topological polar surface area (TPSA) is 17.1 Å². The van der Waals surface area contributed by atoms with E-state index in [0.29, 0.717) is 0 Å². The number of halogens is 10. The second-order valence-electron chi connectivity index (χ2n) is 2.48. The second-order valence-corrected chi connectivity index (χ2v) is 2.48. The highest BCUT2D eigenvalue weighted by molar-refractivity contribution is 5.93. The molecule has 0 radical (unpaired) electrons. The zero-order valence-electron chi connectivity index (χ0n) is 6.69. The molecule has 0 aliphatic rings. The quantitative estimate of drug-likeness (QED) is 0.667. The van der Waals surface area contributed by atoms with Crippen LogP contribution < -0.4 is 0 Å². The summed E-state index contributed by atoms with van der Waals surface area (Å²) in [6.07, 6.45) is -20.7. The Kier molecular flexibility index (Phi) is 3.26. The van der Waals surface area contributed by atoms with Gasteiger partial charge in [0.05, 0.1) is 0 Å². The lowest BCUT2D eigenvalue weighted by Gasteiger charge is -2.28. The Labute approximate surface area is 80.0 Å². The van der Waals surface area contributed by atoms with E-state index in [2.05, 4.69) is 0 Å². The summed E-state index contributed by atoms with van der Waals surface area (Å²) in [7, 11) is 0. The monoisotopic (exact) mass is 266 g/mol. The minimum atomic E-state index is -7.04. The summed E-state index contributed by atoms with van der Waals surface area (Å²) in [6, 6.07) is 0. The predicted octanol–water partition coefficient (Wildman–Crippen LogP) is 2.95. The average Bonchev–Trinajstić information content (AvgIpc) is 1.95. The van der Waals surface area contributed by atoms with E-state index in [-0.39, 0.29) is 0 Å². The van der Waals surface area contributed by atoms with Crippen molar-refractivity contribution in [3.63, 3.8) is 0 Å². The van der Waals surface area contributed by atoms with Crippen molar-refractivity contribution in [2.75, 3.05) is 0 Å². The van der Waals surface area contributed by atoms with Crippen molar-refractivity contribution < 1.29 is 48.7 Å². The summed E-state index contributed by atoms with van der Waals surface area (Å²) in [5.74, 6) is -4.56. The molecule has 0 amide bonds. The molecule has 0 aromatic heterocycles. The second kappa shape index (κ2) is 3.48. The number of carbonyl (C=O) groups excluding carboxylic acids is 1. The summed E-state index contributed by atoms with van der Waals surface area (Å²) in [6.45, 7) is 0. The van der Waals surface area contributed by atoms with Crippen LogP contribution in [0.15, 0.2) is 0 Å². The molecule has 0 saturated heterocycles. The third kappa shape index (κ3) is 2.21. The van der Waals surface area contributed by atoms with E-state index in [4.69, 9.17) is 0 Å². The molecule has 0 saturated carbocycles. The van der Waals surface area contributed by atoms with Crippen LogP contribution in [0.1, 0.15) is 0 Å². The molecule has 0 aliphatic heterocycles. The van der Waals surface area contributed by atoms with Gasteiger partial charge in [0.15, 0.2) is 0 Å². The molecule has 0 fully saturated rings. The van der Waals surface area contributed by atoms with Crippen molar-refractivity contribution in [2.45, 2.75) is 24.2 Å². The first kappa shape index (κ1) is 15.0. The van der Waals surface area contributed by atoms with Gasteiger partial charge in [-0.05, 0) is 0 Å². The maximum absolute atomic E-state index is 12.4. The molecule has 0 bridgehead atoms. The normalized spacial score (nSPS) is 15.1. The van der Waals surface area contributed by atoms with Crippen LogP contribution in [0.5, 0.6) is 0 Å². The highest BCUT2D eigenvalue weighted by Gasteiger charge is 2.81. The zero-order chi connectivity index (χ0) is 13.6. The van der Waals surface area contributed by atoms with Gasteiger partial charge in [0.1, 0.15) is 0 Å². The Balaban J connectivity index is 5.74. The Morgan fingerprint density at radius 3 is 0.938 bits per heavy atom. The van der Waals surface area contributed by atoms with Crippen molar-refractivity contribution in [1.29, 1.82) is 0 Å². The van der Waals surface area contributed by atoms with Gasteiger partial charge in [0, 0.05) is 0 Å². The fourth-order valence-electron chi connectivity index (χ4n) is 0.613. The number of hydrogen-bond acceptors (Lipinski definition) is 1. The number of hydrogen-bond donors (Lipinski definition) is 0. The molecular formula is C5F10O. The SMILES string of the molecule is O=C(C(F)(F)F)C(F)(C(F)(F)F)C(F)(F)F. The van der Waals surface area contributed by atoms with Gasteiger partial charge >= 0.3 is 24.2 Å². The molecule has 0 atom stereocenters. The van der Waals surface area contributed by atoms with Gasteiger partial charge in [-0.25, -0.2) is 4.39 Å². The van der Waals surface area contributed by atoms with Crippen LogP contribution in [0.3, 0.4) is 0 Å². The maximum Gasteiger partial charge on any atom is 0.454 e. The first-order valence-electron chi connectivity index (χ1n) is 3.09. The molecule has 0 aliphatic carbocycles. The van der Waals surface area contributed by atoms with Gasteiger partial charge in [-0.3, -0.25) is 4.79 Å². The molecular weight excluding hydrogens is 266 g/mol. The van der Waals surface area contributed by atoms with E-state index in [1.807, 2.05) is 0 Å². The van der Waals surface area contributed by atoms with Crippen LogP contribution >= 0.6 is 0 Å². The fourth-order valence-corrected chi connectivity index (χ4v) is 0.613. The van der Waals surface area contributed by atoms with E-state index in [0.717, 1.165) is 0 Å². The summed E-state index contributed by atoms with van der Waals surface area (Å²) in [4.78, 5) is 9.84. The first-order chi connectivity index (χ1) is 6.65. The van der Waals surface area contributed by atoms with Crippen LogP contribution in [0.2, 0.25) is 0 Å². The smallest absolute Gasteiger partial charge is 0.285 e. The van der Waals surface area contributed by atoms with Crippen LogP contribution in [0.4, 0.5) is 43.9 Å². The molecule has 16 heavy (non-hydrogen) atoms. The van der Waals surface area contributed by atoms with Crippen molar-refractivity contribution in [3.8, 4) is 0 Å². The molecule has 0 rings (SSSR count). The van der Waals surface area contributed by atoms with Crippen molar-refractivity contribution in [3.05, 3.63) is 0 Å². The highest BCUT2D eigenvalue weighted by Crippen LogP contribution is 2.49. The van der Waals surface area contributed by atoms with Gasteiger partial charge in [-0.15, -0.1) is 0 Å². The minimum absolute atomic E-state index is 4.56. The van der Waals surface area contributed by atoms with Gasteiger partial charge in [0.25, 0.3) is 5.78 Å². The Hall–Kier alpha value is -1.03. The number of carbonyl (C=O) groups is 1. The molecule has 0 aromatic rings. The van der Waals surface area contributed by atoms with E-state index in [1.165, 1.54) is 0 Å². The lowest BCUT2D eigenvalue weighted by Crippen LogP contribution is -2.62. The zero-order valence-corrected chi connectivity index (χ0v) is 6.69. The summed E-state index contributed by atoms with van der Waals surface area (Å²) < 4.78 is 116. The number of rotatable bonds is 1. The van der Waals surface area contributed by atoms with Crippen LogP contribution in [-0.2, 0) is 4.79 Å². The van der Waals surface area contributed by atoms with E-state index in [1.54, 1.807) is 0 Å². The van der Waals surface area contributed by atoms with E-state index < -0.39 is 30.0 Å². The Bertz CT molecular complexity index is 265. The van der Waals surface area contributed by atoms with Gasteiger partial charge in [-0.2, -0.15) is 39.5 Å². The molecule has 96 valence electrons. The third-order valence-electron chi connectivity index (χ3n) is 1.35. The average molecular weight is 266 g/mol. The largest absolute Gasteiger partial charge is 0.454 e. The first-order valence-corrected chi connectivity index (χ1v) is 3.09. The lowest BCUT2D eigenvalue weighted by molar-refractivity contribution is -0.334. The molecule has 0 N–H and O–H groups in total. The Morgan fingerprint density at radius 1 is 0.625 bits per heavy atom. The summed E-state index contributed by atoms with van der Waals surface area (Å²) in [5.41, 5.74) is -6.95. The fraction of sp³-hybridized carbons (Fsp3) is 0.800. The molecule has 0 heterocycles. The molecule has 0 spiro atoms. The van der Waals surface area contributed by atoms with Gasteiger partial charge < -0.3 is 0 Å². The number of alkyl halides is 10. The molecule has 0 unspecified atom stereocenters. The Morgan fingerprint density at radius 2 is 0.875 bits per heavy atom. The summed E-state index contributed by atoms with van der Waals surface area (Å²) >= 11 is 0. The standard InChI is InChI=1S/C5F10O/c6-2(4(10,11)12,5(13,14)15)1(16)3(7,8)9.